The maximum absolute atomic E-state index is 5.78. The Morgan fingerprint density at radius 2 is 2.27 bits per heavy atom. The topological polar surface area (TPSA) is 56.2 Å². The summed E-state index contributed by atoms with van der Waals surface area (Å²) in [6.45, 7) is 4.05. The molecule has 4 nitrogen and oxygen atoms in total. The Bertz CT molecular complexity index is 538. The van der Waals surface area contributed by atoms with Crippen molar-refractivity contribution < 1.29 is 0 Å². The van der Waals surface area contributed by atoms with E-state index < -0.39 is 0 Å². The molecule has 0 saturated heterocycles. The highest BCUT2D eigenvalue weighted by Gasteiger charge is 2.09. The van der Waals surface area contributed by atoms with Gasteiger partial charge in [0.05, 0.1) is 0 Å². The first kappa shape index (κ1) is 10.2. The Morgan fingerprint density at radius 3 is 2.93 bits per heavy atom. The summed E-state index contributed by atoms with van der Waals surface area (Å²) in [4.78, 5) is 8.40. The molecule has 2 aromatic rings. The van der Waals surface area contributed by atoms with Crippen LogP contribution in [0.5, 0.6) is 0 Å². The molecule has 0 saturated carbocycles. The number of allylic oxidation sites excluding steroid dienone is 1. The molecule has 0 spiro atoms. The Kier molecular flexibility index (Phi) is 2.48. The van der Waals surface area contributed by atoms with Crippen LogP contribution in [-0.2, 0) is 0 Å². The molecule has 2 heterocycles. The standard InChI is InChI=1S/C10H11BrN4/c1-6(2)5-7-14-9(11)8-10(12)13-3-4-15(7)8/h3-5H,1-2H3,(H2,12,13). The molecule has 0 amide bonds. The summed E-state index contributed by atoms with van der Waals surface area (Å²) >= 11 is 3.38. The number of nitrogens with two attached hydrogens (primary N) is 1. The van der Waals surface area contributed by atoms with Crippen LogP contribution in [0.2, 0.25) is 0 Å². The van der Waals surface area contributed by atoms with Gasteiger partial charge in [-0.1, -0.05) is 5.57 Å². The second-order valence-electron chi connectivity index (χ2n) is 3.51. The number of rotatable bonds is 1. The third-order valence-corrected chi connectivity index (χ3v) is 2.54. The van der Waals surface area contributed by atoms with Crippen molar-refractivity contribution in [2.24, 2.45) is 0 Å². The largest absolute Gasteiger partial charge is 0.382 e. The van der Waals surface area contributed by atoms with Gasteiger partial charge in [0.2, 0.25) is 0 Å². The molecule has 2 N–H and O–H groups in total. The molecule has 0 aromatic carbocycles. The fourth-order valence-electron chi connectivity index (χ4n) is 1.40. The van der Waals surface area contributed by atoms with Crippen LogP contribution in [0.4, 0.5) is 5.82 Å². The number of imidazole rings is 1. The van der Waals surface area contributed by atoms with Gasteiger partial charge in [0.1, 0.15) is 15.9 Å². The predicted molar refractivity (Wildman–Crippen MR) is 64.4 cm³/mol. The number of halogens is 1. The van der Waals surface area contributed by atoms with Gasteiger partial charge in [-0.15, -0.1) is 0 Å². The molecule has 0 unspecified atom stereocenters. The fourth-order valence-corrected chi connectivity index (χ4v) is 1.98. The van der Waals surface area contributed by atoms with Gasteiger partial charge in [-0.25, -0.2) is 9.97 Å². The minimum absolute atomic E-state index is 0.477. The number of nitrogens with zero attached hydrogens (tertiary/aromatic N) is 3. The van der Waals surface area contributed by atoms with E-state index in [0.717, 1.165) is 15.9 Å². The first-order valence-electron chi connectivity index (χ1n) is 4.52. The molecule has 0 atom stereocenters. The van der Waals surface area contributed by atoms with Crippen molar-refractivity contribution in [1.29, 1.82) is 0 Å². The molecule has 0 aliphatic rings. The van der Waals surface area contributed by atoms with Crippen molar-refractivity contribution in [3.05, 3.63) is 28.4 Å². The van der Waals surface area contributed by atoms with Gasteiger partial charge >= 0.3 is 0 Å². The van der Waals surface area contributed by atoms with E-state index in [9.17, 15) is 0 Å². The van der Waals surface area contributed by atoms with Crippen LogP contribution in [-0.4, -0.2) is 14.4 Å². The molecule has 15 heavy (non-hydrogen) atoms. The summed E-state index contributed by atoms with van der Waals surface area (Å²) in [5.41, 5.74) is 7.77. The van der Waals surface area contributed by atoms with Gasteiger partial charge in [0, 0.05) is 12.4 Å². The molecule has 2 rings (SSSR count). The van der Waals surface area contributed by atoms with E-state index in [-0.39, 0.29) is 0 Å². The summed E-state index contributed by atoms with van der Waals surface area (Å²) in [5.74, 6) is 1.33. The van der Waals surface area contributed by atoms with Gasteiger partial charge in [-0.2, -0.15) is 0 Å². The lowest BCUT2D eigenvalue weighted by atomic mass is 10.3. The summed E-state index contributed by atoms with van der Waals surface area (Å²) in [6, 6.07) is 0. The molecule has 0 aliphatic carbocycles. The van der Waals surface area contributed by atoms with E-state index in [2.05, 4.69) is 25.9 Å². The monoisotopic (exact) mass is 266 g/mol. The van der Waals surface area contributed by atoms with Crippen molar-refractivity contribution in [3.8, 4) is 0 Å². The van der Waals surface area contributed by atoms with Crippen LogP contribution in [0, 0.1) is 0 Å². The van der Waals surface area contributed by atoms with E-state index in [1.54, 1.807) is 6.20 Å². The molecule has 5 heteroatoms. The van der Waals surface area contributed by atoms with Crippen molar-refractivity contribution in [2.75, 3.05) is 5.73 Å². The first-order valence-corrected chi connectivity index (χ1v) is 5.32. The van der Waals surface area contributed by atoms with E-state index in [1.807, 2.05) is 30.5 Å². The number of hydrogen-bond acceptors (Lipinski definition) is 3. The van der Waals surface area contributed by atoms with Gasteiger partial charge < -0.3 is 5.73 Å². The summed E-state index contributed by atoms with van der Waals surface area (Å²) < 4.78 is 2.64. The number of aromatic nitrogens is 3. The SMILES string of the molecule is CC(C)=Cc1nc(Br)c2c(N)nccn12. The average Bonchev–Trinajstić information content (AvgIpc) is 2.44. The van der Waals surface area contributed by atoms with E-state index in [4.69, 9.17) is 5.73 Å². The molecular weight excluding hydrogens is 256 g/mol. The maximum Gasteiger partial charge on any atom is 0.150 e. The van der Waals surface area contributed by atoms with E-state index >= 15 is 0 Å². The highest BCUT2D eigenvalue weighted by Crippen LogP contribution is 2.23. The zero-order valence-corrected chi connectivity index (χ0v) is 10.1. The molecule has 0 fully saturated rings. The van der Waals surface area contributed by atoms with Gasteiger partial charge in [-0.05, 0) is 35.9 Å². The zero-order valence-electron chi connectivity index (χ0n) is 8.53. The molecule has 0 radical (unpaired) electrons. The number of hydrogen-bond donors (Lipinski definition) is 1. The zero-order chi connectivity index (χ0) is 11.0. The number of nitrogen functional groups attached to an aromatic ring is 1. The smallest absolute Gasteiger partial charge is 0.150 e. The van der Waals surface area contributed by atoms with Gasteiger partial charge in [-0.3, -0.25) is 4.40 Å². The minimum atomic E-state index is 0.477. The summed E-state index contributed by atoms with van der Waals surface area (Å²) in [5, 5.41) is 0. The maximum atomic E-state index is 5.78. The van der Waals surface area contributed by atoms with Crippen LogP contribution in [0.15, 0.2) is 22.6 Å². The number of anilines is 1. The average molecular weight is 267 g/mol. The quantitative estimate of drug-likeness (QED) is 0.863. The lowest BCUT2D eigenvalue weighted by Gasteiger charge is -1.98. The second kappa shape index (κ2) is 3.66. The van der Waals surface area contributed by atoms with Crippen LogP contribution >= 0.6 is 15.9 Å². The highest BCUT2D eigenvalue weighted by atomic mass is 79.9. The number of fused-ring (bicyclic) bond motifs is 1. The highest BCUT2D eigenvalue weighted by molar-refractivity contribution is 9.10. The van der Waals surface area contributed by atoms with E-state index in [0.29, 0.717) is 5.82 Å². The van der Waals surface area contributed by atoms with Gasteiger partial charge in [0.15, 0.2) is 5.82 Å². The molecule has 0 bridgehead atoms. The Balaban J connectivity index is 2.79. The molecular formula is C10H11BrN4. The lowest BCUT2D eigenvalue weighted by molar-refractivity contribution is 1.09. The predicted octanol–water partition coefficient (Wildman–Crippen LogP) is 2.50. The Labute approximate surface area is 96.0 Å². The van der Waals surface area contributed by atoms with Crippen molar-refractivity contribution in [1.82, 2.24) is 14.4 Å². The van der Waals surface area contributed by atoms with Crippen LogP contribution in [0.25, 0.3) is 11.6 Å². The Morgan fingerprint density at radius 1 is 1.53 bits per heavy atom. The van der Waals surface area contributed by atoms with Crippen LogP contribution in [0.3, 0.4) is 0 Å². The van der Waals surface area contributed by atoms with Gasteiger partial charge in [0.25, 0.3) is 0 Å². The third kappa shape index (κ3) is 1.74. The van der Waals surface area contributed by atoms with E-state index in [1.165, 1.54) is 5.57 Å². The fraction of sp³-hybridized carbons (Fsp3) is 0.200. The van der Waals surface area contributed by atoms with Crippen LogP contribution in [0.1, 0.15) is 19.7 Å². The Hall–Kier alpha value is -1.36. The summed E-state index contributed by atoms with van der Waals surface area (Å²) in [7, 11) is 0. The van der Waals surface area contributed by atoms with Crippen molar-refractivity contribution >= 4 is 33.3 Å². The second-order valence-corrected chi connectivity index (χ2v) is 4.26. The van der Waals surface area contributed by atoms with Crippen LogP contribution < -0.4 is 5.73 Å². The third-order valence-electron chi connectivity index (χ3n) is 1.99. The first-order chi connectivity index (χ1) is 7.09. The van der Waals surface area contributed by atoms with Crippen molar-refractivity contribution in [2.45, 2.75) is 13.8 Å². The molecule has 2 aromatic heterocycles. The lowest BCUT2D eigenvalue weighted by Crippen LogP contribution is -1.95. The normalized spacial score (nSPS) is 10.6. The minimum Gasteiger partial charge on any atom is -0.382 e. The summed E-state index contributed by atoms with van der Waals surface area (Å²) in [6.07, 6.45) is 5.51. The molecule has 78 valence electrons. The van der Waals surface area contributed by atoms with Crippen molar-refractivity contribution in [3.63, 3.8) is 0 Å². The molecule has 0 aliphatic heterocycles.